The number of carbonyl (C=O) groups is 1. The van der Waals surface area contributed by atoms with Crippen molar-refractivity contribution in [1.29, 1.82) is 0 Å². The van der Waals surface area contributed by atoms with Gasteiger partial charge in [-0.25, -0.2) is 4.99 Å². The maximum absolute atomic E-state index is 12.7. The van der Waals surface area contributed by atoms with Gasteiger partial charge in [-0.1, -0.05) is 30.3 Å². The number of hydrogen-bond donors (Lipinski definition) is 2. The van der Waals surface area contributed by atoms with Crippen LogP contribution in [0.4, 0.5) is 5.69 Å². The zero-order chi connectivity index (χ0) is 22.2. The van der Waals surface area contributed by atoms with Gasteiger partial charge in [0.25, 0.3) is 5.91 Å². The van der Waals surface area contributed by atoms with Crippen molar-refractivity contribution >= 4 is 17.6 Å². The lowest BCUT2D eigenvalue weighted by molar-refractivity contribution is 0.0724. The molecule has 170 valence electrons. The van der Waals surface area contributed by atoms with Gasteiger partial charge < -0.3 is 20.4 Å². The number of hydrogen-bond acceptors (Lipinski definition) is 3. The monoisotopic (exact) mass is 433 g/mol. The van der Waals surface area contributed by atoms with Crippen LogP contribution in [0.3, 0.4) is 0 Å². The van der Waals surface area contributed by atoms with Crippen molar-refractivity contribution in [3.8, 4) is 0 Å². The summed E-state index contributed by atoms with van der Waals surface area (Å²) in [6.45, 7) is 7.28. The first-order valence-electron chi connectivity index (χ1n) is 12.0. The first-order valence-corrected chi connectivity index (χ1v) is 12.0. The number of benzene rings is 2. The Morgan fingerprint density at radius 2 is 1.75 bits per heavy atom. The molecule has 2 fully saturated rings. The summed E-state index contributed by atoms with van der Waals surface area (Å²) in [6.07, 6.45) is 4.55. The minimum Gasteiger partial charge on any atom is -0.369 e. The van der Waals surface area contributed by atoms with Crippen LogP contribution in [0.15, 0.2) is 59.6 Å². The molecule has 2 aromatic rings. The minimum atomic E-state index is 0.152. The van der Waals surface area contributed by atoms with E-state index in [9.17, 15) is 4.79 Å². The molecule has 6 nitrogen and oxygen atoms in total. The molecule has 0 aromatic heterocycles. The van der Waals surface area contributed by atoms with Crippen LogP contribution in [0.5, 0.6) is 0 Å². The van der Waals surface area contributed by atoms with Crippen molar-refractivity contribution in [2.24, 2.45) is 4.99 Å². The van der Waals surface area contributed by atoms with Gasteiger partial charge in [0.15, 0.2) is 5.96 Å². The minimum absolute atomic E-state index is 0.152. The van der Waals surface area contributed by atoms with E-state index in [1.165, 1.54) is 12.1 Å². The first-order chi connectivity index (χ1) is 15.7. The summed E-state index contributed by atoms with van der Waals surface area (Å²) in [5, 5.41) is 6.96. The van der Waals surface area contributed by atoms with Gasteiger partial charge in [0.1, 0.15) is 0 Å². The predicted octanol–water partition coefficient (Wildman–Crippen LogP) is 3.65. The topological polar surface area (TPSA) is 60.0 Å². The number of carbonyl (C=O) groups excluding carboxylic acids is 1. The van der Waals surface area contributed by atoms with Gasteiger partial charge in [0.05, 0.1) is 6.54 Å². The van der Waals surface area contributed by atoms with E-state index >= 15 is 0 Å². The molecule has 2 N–H and O–H groups in total. The highest BCUT2D eigenvalue weighted by Gasteiger charge is 2.23. The summed E-state index contributed by atoms with van der Waals surface area (Å²) in [7, 11) is 0. The number of para-hydroxylation sites is 1. The molecule has 2 saturated heterocycles. The lowest BCUT2D eigenvalue weighted by Crippen LogP contribution is -2.44. The van der Waals surface area contributed by atoms with E-state index in [1.807, 2.05) is 29.2 Å². The van der Waals surface area contributed by atoms with E-state index < -0.39 is 0 Å². The third kappa shape index (κ3) is 5.81. The Morgan fingerprint density at radius 1 is 1.00 bits per heavy atom. The van der Waals surface area contributed by atoms with Crippen LogP contribution in [0.2, 0.25) is 0 Å². The number of likely N-dealkylation sites (tertiary alicyclic amines) is 1. The molecule has 0 saturated carbocycles. The Balaban J connectivity index is 1.32. The predicted molar refractivity (Wildman–Crippen MR) is 131 cm³/mol. The van der Waals surface area contributed by atoms with Crippen molar-refractivity contribution in [3.05, 3.63) is 65.7 Å². The van der Waals surface area contributed by atoms with E-state index in [0.29, 0.717) is 12.6 Å². The zero-order valence-electron chi connectivity index (χ0n) is 19.1. The Labute approximate surface area is 191 Å². The SMILES string of the molecule is CCNC(=NCc1ccc(C(=O)N2CCCCC2)cc1)NC1CCN(c2ccccc2)C1. The van der Waals surface area contributed by atoms with Gasteiger partial charge in [-0.3, -0.25) is 4.79 Å². The lowest BCUT2D eigenvalue weighted by atomic mass is 10.1. The molecule has 32 heavy (non-hydrogen) atoms. The average Bonchev–Trinajstić information content (AvgIpc) is 3.32. The summed E-state index contributed by atoms with van der Waals surface area (Å²) in [5.41, 5.74) is 3.16. The molecular formula is C26H35N5O. The largest absolute Gasteiger partial charge is 0.369 e. The number of aliphatic imine (C=N–C) groups is 1. The van der Waals surface area contributed by atoms with Gasteiger partial charge in [-0.05, 0) is 62.4 Å². The zero-order valence-corrected chi connectivity index (χ0v) is 19.1. The number of piperidine rings is 1. The number of amides is 1. The average molecular weight is 434 g/mol. The van der Waals surface area contributed by atoms with Gasteiger partial charge in [0, 0.05) is 50.0 Å². The number of nitrogens with one attached hydrogen (secondary N) is 2. The molecule has 1 unspecified atom stereocenters. The van der Waals surface area contributed by atoms with E-state index in [1.54, 1.807) is 0 Å². The third-order valence-electron chi connectivity index (χ3n) is 6.26. The standard InChI is InChI=1S/C26H35N5O/c1-2-27-26(29-23-15-18-31(20-23)24-9-5-3-6-10-24)28-19-21-11-13-22(14-12-21)25(32)30-16-7-4-8-17-30/h3,5-6,9-14,23H,2,4,7-8,15-20H2,1H3,(H2,27,28,29). The fourth-order valence-electron chi connectivity index (χ4n) is 4.47. The van der Waals surface area contributed by atoms with Gasteiger partial charge in [0.2, 0.25) is 0 Å². The number of guanidine groups is 1. The maximum atomic E-state index is 12.7. The molecule has 2 aliphatic rings. The van der Waals surface area contributed by atoms with Crippen LogP contribution in [-0.4, -0.2) is 55.5 Å². The molecule has 6 heteroatoms. The molecule has 0 spiro atoms. The third-order valence-corrected chi connectivity index (χ3v) is 6.26. The summed E-state index contributed by atoms with van der Waals surface area (Å²) in [5.74, 6) is 1.000. The van der Waals surface area contributed by atoms with Gasteiger partial charge in [-0.15, -0.1) is 0 Å². The molecular weight excluding hydrogens is 398 g/mol. The molecule has 1 atom stereocenters. The number of anilines is 1. The first kappa shape index (κ1) is 22.2. The highest BCUT2D eigenvalue weighted by molar-refractivity contribution is 5.94. The normalized spacial score (nSPS) is 19.2. The Bertz CT molecular complexity index is 890. The molecule has 0 radical (unpaired) electrons. The van der Waals surface area contributed by atoms with Crippen LogP contribution in [0, 0.1) is 0 Å². The smallest absolute Gasteiger partial charge is 0.253 e. The van der Waals surface area contributed by atoms with Crippen molar-refractivity contribution < 1.29 is 4.79 Å². The summed E-state index contributed by atoms with van der Waals surface area (Å²) in [4.78, 5) is 21.8. The highest BCUT2D eigenvalue weighted by Crippen LogP contribution is 2.19. The van der Waals surface area contributed by atoms with E-state index in [4.69, 9.17) is 4.99 Å². The maximum Gasteiger partial charge on any atom is 0.253 e. The van der Waals surface area contributed by atoms with E-state index in [2.05, 4.69) is 52.8 Å². The fraction of sp³-hybridized carbons (Fsp3) is 0.462. The van der Waals surface area contributed by atoms with Crippen molar-refractivity contribution in [1.82, 2.24) is 15.5 Å². The number of rotatable bonds is 6. The number of nitrogens with zero attached hydrogens (tertiary/aromatic N) is 3. The van der Waals surface area contributed by atoms with Crippen LogP contribution >= 0.6 is 0 Å². The summed E-state index contributed by atoms with van der Waals surface area (Å²) < 4.78 is 0. The van der Waals surface area contributed by atoms with Crippen molar-refractivity contribution in [2.75, 3.05) is 37.6 Å². The molecule has 0 aliphatic carbocycles. The highest BCUT2D eigenvalue weighted by atomic mass is 16.2. The van der Waals surface area contributed by atoms with Gasteiger partial charge in [-0.2, -0.15) is 0 Å². The molecule has 2 heterocycles. The van der Waals surface area contributed by atoms with Crippen LogP contribution in [0.1, 0.15) is 48.5 Å². The van der Waals surface area contributed by atoms with Crippen LogP contribution < -0.4 is 15.5 Å². The summed E-state index contributed by atoms with van der Waals surface area (Å²) in [6, 6.07) is 18.9. The Hall–Kier alpha value is -3.02. The summed E-state index contributed by atoms with van der Waals surface area (Å²) >= 11 is 0. The van der Waals surface area contributed by atoms with Crippen LogP contribution in [0.25, 0.3) is 0 Å². The second kappa shape index (κ2) is 11.0. The molecule has 2 aromatic carbocycles. The Kier molecular flexibility index (Phi) is 7.64. The quantitative estimate of drug-likeness (QED) is 0.539. The Morgan fingerprint density at radius 3 is 2.47 bits per heavy atom. The van der Waals surface area contributed by atoms with Gasteiger partial charge >= 0.3 is 0 Å². The van der Waals surface area contributed by atoms with Crippen LogP contribution in [-0.2, 0) is 6.54 Å². The second-order valence-electron chi connectivity index (χ2n) is 8.66. The molecule has 1 amide bonds. The fourth-order valence-corrected chi connectivity index (χ4v) is 4.47. The van der Waals surface area contributed by atoms with E-state index in [0.717, 1.165) is 69.1 Å². The molecule has 0 bridgehead atoms. The van der Waals surface area contributed by atoms with Crippen molar-refractivity contribution in [3.63, 3.8) is 0 Å². The lowest BCUT2D eigenvalue weighted by Gasteiger charge is -2.26. The van der Waals surface area contributed by atoms with Crippen molar-refractivity contribution in [2.45, 2.75) is 45.2 Å². The molecule has 4 rings (SSSR count). The van der Waals surface area contributed by atoms with E-state index in [-0.39, 0.29) is 5.91 Å². The second-order valence-corrected chi connectivity index (χ2v) is 8.66. The molecule has 2 aliphatic heterocycles.